The lowest BCUT2D eigenvalue weighted by Crippen LogP contribution is -2.13. The number of rotatable bonds is 5. The molecule has 0 radical (unpaired) electrons. The first-order chi connectivity index (χ1) is 7.65. The maximum atomic E-state index is 11.6. The van der Waals surface area contributed by atoms with Crippen molar-refractivity contribution in [2.45, 2.75) is 32.6 Å². The Labute approximate surface area is 102 Å². The van der Waals surface area contributed by atoms with Gasteiger partial charge >= 0.3 is 5.97 Å². The van der Waals surface area contributed by atoms with Crippen LogP contribution in [0.3, 0.4) is 0 Å². The van der Waals surface area contributed by atoms with Gasteiger partial charge in [-0.05, 0) is 31.0 Å². The molecule has 16 heavy (non-hydrogen) atoms. The standard InChI is InChI=1S/C13H17ClO2/c1-3-4-9-16-13(15)10(2)11-5-7-12(14)8-6-11/h5-8,10H,3-4,9H2,1-2H3. The van der Waals surface area contributed by atoms with Crippen molar-refractivity contribution in [3.05, 3.63) is 34.9 Å². The van der Waals surface area contributed by atoms with Gasteiger partial charge in [0.25, 0.3) is 0 Å². The smallest absolute Gasteiger partial charge is 0.313 e. The number of carbonyl (C=O) groups is 1. The first-order valence-corrected chi connectivity index (χ1v) is 5.95. The molecule has 0 aromatic heterocycles. The molecule has 0 saturated carbocycles. The number of hydrogen-bond donors (Lipinski definition) is 0. The monoisotopic (exact) mass is 240 g/mol. The number of ether oxygens (including phenoxy) is 1. The van der Waals surface area contributed by atoms with E-state index in [1.807, 2.05) is 19.1 Å². The van der Waals surface area contributed by atoms with Gasteiger partial charge in [0.2, 0.25) is 0 Å². The van der Waals surface area contributed by atoms with Gasteiger partial charge in [0.15, 0.2) is 0 Å². The highest BCUT2D eigenvalue weighted by atomic mass is 35.5. The summed E-state index contributed by atoms with van der Waals surface area (Å²) >= 11 is 5.78. The van der Waals surface area contributed by atoms with E-state index in [0.717, 1.165) is 18.4 Å². The number of unbranched alkanes of at least 4 members (excludes halogenated alkanes) is 1. The maximum absolute atomic E-state index is 11.6. The van der Waals surface area contributed by atoms with E-state index in [0.29, 0.717) is 11.6 Å². The molecular formula is C13H17ClO2. The van der Waals surface area contributed by atoms with Crippen molar-refractivity contribution in [2.75, 3.05) is 6.61 Å². The fourth-order valence-electron chi connectivity index (χ4n) is 1.33. The van der Waals surface area contributed by atoms with Crippen LogP contribution in [0.1, 0.15) is 38.2 Å². The molecule has 1 aromatic rings. The Morgan fingerprint density at radius 1 is 1.38 bits per heavy atom. The average molecular weight is 241 g/mol. The van der Waals surface area contributed by atoms with E-state index in [1.165, 1.54) is 0 Å². The summed E-state index contributed by atoms with van der Waals surface area (Å²) in [6.07, 6.45) is 1.95. The second-order valence-corrected chi connectivity index (χ2v) is 4.23. The number of hydrogen-bond acceptors (Lipinski definition) is 2. The molecule has 2 nitrogen and oxygen atoms in total. The Morgan fingerprint density at radius 3 is 2.56 bits per heavy atom. The van der Waals surface area contributed by atoms with Crippen LogP contribution in [-0.4, -0.2) is 12.6 Å². The Bertz CT molecular complexity index is 332. The summed E-state index contributed by atoms with van der Waals surface area (Å²) in [5, 5.41) is 0.676. The number of benzene rings is 1. The van der Waals surface area contributed by atoms with Gasteiger partial charge in [0.1, 0.15) is 0 Å². The van der Waals surface area contributed by atoms with Crippen LogP contribution in [0.4, 0.5) is 0 Å². The number of esters is 1. The fourth-order valence-corrected chi connectivity index (χ4v) is 1.46. The topological polar surface area (TPSA) is 26.3 Å². The molecule has 0 bridgehead atoms. The summed E-state index contributed by atoms with van der Waals surface area (Å²) in [5.41, 5.74) is 0.936. The normalized spacial score (nSPS) is 12.2. The van der Waals surface area contributed by atoms with Gasteiger partial charge in [-0.2, -0.15) is 0 Å². The molecule has 1 unspecified atom stereocenters. The molecule has 3 heteroatoms. The Balaban J connectivity index is 2.53. The predicted molar refractivity (Wildman–Crippen MR) is 65.7 cm³/mol. The molecule has 0 heterocycles. The molecule has 0 amide bonds. The summed E-state index contributed by atoms with van der Waals surface area (Å²) in [6, 6.07) is 7.28. The second kappa shape index (κ2) is 6.54. The third-order valence-electron chi connectivity index (χ3n) is 2.47. The third-order valence-corrected chi connectivity index (χ3v) is 2.72. The Hall–Kier alpha value is -1.02. The molecule has 0 spiro atoms. The minimum absolute atomic E-state index is 0.171. The van der Waals surface area contributed by atoms with Crippen molar-refractivity contribution in [3.63, 3.8) is 0 Å². The van der Waals surface area contributed by atoms with E-state index >= 15 is 0 Å². The summed E-state index contributed by atoms with van der Waals surface area (Å²) < 4.78 is 5.16. The van der Waals surface area contributed by atoms with Crippen molar-refractivity contribution in [1.82, 2.24) is 0 Å². The first kappa shape index (κ1) is 13.0. The van der Waals surface area contributed by atoms with Crippen LogP contribution in [-0.2, 0) is 9.53 Å². The molecule has 0 N–H and O–H groups in total. The summed E-state index contributed by atoms with van der Waals surface area (Å²) in [7, 11) is 0. The van der Waals surface area contributed by atoms with Crippen LogP contribution >= 0.6 is 11.6 Å². The molecule has 0 aliphatic rings. The van der Waals surface area contributed by atoms with Crippen molar-refractivity contribution in [3.8, 4) is 0 Å². The average Bonchev–Trinajstić information content (AvgIpc) is 2.29. The fraction of sp³-hybridized carbons (Fsp3) is 0.462. The summed E-state index contributed by atoms with van der Waals surface area (Å²) in [4.78, 5) is 11.6. The predicted octanol–water partition coefficient (Wildman–Crippen LogP) is 3.79. The summed E-state index contributed by atoms with van der Waals surface area (Å²) in [5.74, 6) is -0.398. The van der Waals surface area contributed by atoms with Crippen LogP contribution < -0.4 is 0 Å². The maximum Gasteiger partial charge on any atom is 0.313 e. The molecule has 0 saturated heterocycles. The van der Waals surface area contributed by atoms with Crippen LogP contribution in [0.15, 0.2) is 24.3 Å². The second-order valence-electron chi connectivity index (χ2n) is 3.79. The van der Waals surface area contributed by atoms with E-state index in [-0.39, 0.29) is 11.9 Å². The molecule has 0 aliphatic carbocycles. The van der Waals surface area contributed by atoms with Gasteiger partial charge in [-0.1, -0.05) is 37.1 Å². The number of halogens is 1. The van der Waals surface area contributed by atoms with Gasteiger partial charge in [-0.25, -0.2) is 0 Å². The molecule has 0 fully saturated rings. The number of carbonyl (C=O) groups excluding carboxylic acids is 1. The Kier molecular flexibility index (Phi) is 5.33. The summed E-state index contributed by atoms with van der Waals surface area (Å²) in [6.45, 7) is 4.42. The van der Waals surface area contributed by atoms with Crippen LogP contribution in [0.5, 0.6) is 0 Å². The largest absolute Gasteiger partial charge is 0.465 e. The zero-order valence-electron chi connectivity index (χ0n) is 9.70. The third kappa shape index (κ3) is 3.86. The highest BCUT2D eigenvalue weighted by Crippen LogP contribution is 2.19. The van der Waals surface area contributed by atoms with E-state index < -0.39 is 0 Å². The van der Waals surface area contributed by atoms with Crippen molar-refractivity contribution in [2.24, 2.45) is 0 Å². The molecule has 1 aromatic carbocycles. The van der Waals surface area contributed by atoms with Crippen LogP contribution in [0.25, 0.3) is 0 Å². The minimum atomic E-state index is -0.228. The van der Waals surface area contributed by atoms with E-state index in [9.17, 15) is 4.79 Å². The molecular weight excluding hydrogens is 224 g/mol. The van der Waals surface area contributed by atoms with Crippen molar-refractivity contribution >= 4 is 17.6 Å². The SMILES string of the molecule is CCCCOC(=O)C(C)c1ccc(Cl)cc1. The quantitative estimate of drug-likeness (QED) is 0.578. The molecule has 1 rings (SSSR count). The van der Waals surface area contributed by atoms with Crippen molar-refractivity contribution in [1.29, 1.82) is 0 Å². The van der Waals surface area contributed by atoms with E-state index in [2.05, 4.69) is 6.92 Å². The van der Waals surface area contributed by atoms with Gasteiger partial charge in [-0.15, -0.1) is 0 Å². The lowest BCUT2D eigenvalue weighted by atomic mass is 10.0. The molecule has 1 atom stereocenters. The van der Waals surface area contributed by atoms with Crippen molar-refractivity contribution < 1.29 is 9.53 Å². The van der Waals surface area contributed by atoms with Gasteiger partial charge in [0.05, 0.1) is 12.5 Å². The molecule has 0 aliphatic heterocycles. The van der Waals surface area contributed by atoms with Gasteiger partial charge in [-0.3, -0.25) is 4.79 Å². The molecule has 88 valence electrons. The highest BCUT2D eigenvalue weighted by Gasteiger charge is 2.16. The zero-order chi connectivity index (χ0) is 12.0. The van der Waals surface area contributed by atoms with E-state index in [4.69, 9.17) is 16.3 Å². The van der Waals surface area contributed by atoms with Crippen LogP contribution in [0, 0.1) is 0 Å². The minimum Gasteiger partial charge on any atom is -0.465 e. The van der Waals surface area contributed by atoms with E-state index in [1.54, 1.807) is 12.1 Å². The van der Waals surface area contributed by atoms with Crippen LogP contribution in [0.2, 0.25) is 5.02 Å². The zero-order valence-corrected chi connectivity index (χ0v) is 10.5. The van der Waals surface area contributed by atoms with Gasteiger partial charge < -0.3 is 4.74 Å². The highest BCUT2D eigenvalue weighted by molar-refractivity contribution is 6.30. The lowest BCUT2D eigenvalue weighted by molar-refractivity contribution is -0.145. The Morgan fingerprint density at radius 2 is 2.00 bits per heavy atom. The van der Waals surface area contributed by atoms with Gasteiger partial charge in [0, 0.05) is 5.02 Å². The first-order valence-electron chi connectivity index (χ1n) is 5.57. The lowest BCUT2D eigenvalue weighted by Gasteiger charge is -2.11.